The molecule has 0 aliphatic carbocycles. The van der Waals surface area contributed by atoms with Gasteiger partial charge >= 0.3 is 0 Å². The molecule has 2 aromatic heterocycles. The van der Waals surface area contributed by atoms with Crippen molar-refractivity contribution in [3.05, 3.63) is 34.4 Å². The summed E-state index contributed by atoms with van der Waals surface area (Å²) in [5.41, 5.74) is 1.66. The Kier molecular flexibility index (Phi) is 2.11. The van der Waals surface area contributed by atoms with Crippen molar-refractivity contribution in [2.45, 2.75) is 20.3 Å². The van der Waals surface area contributed by atoms with Crippen LogP contribution in [0.2, 0.25) is 0 Å². The Morgan fingerprint density at radius 3 is 3.07 bits per heavy atom. The van der Waals surface area contributed by atoms with E-state index >= 15 is 0 Å². The van der Waals surface area contributed by atoms with Gasteiger partial charge in [0.15, 0.2) is 0 Å². The normalized spacial score (nSPS) is 11.4. The first-order chi connectivity index (χ1) is 6.66. The minimum atomic E-state index is -0.0614. The van der Waals surface area contributed by atoms with Gasteiger partial charge in [0, 0.05) is 12.1 Å². The van der Waals surface area contributed by atoms with Crippen LogP contribution in [-0.2, 0) is 6.42 Å². The highest BCUT2D eigenvalue weighted by Crippen LogP contribution is 2.06. The van der Waals surface area contributed by atoms with E-state index in [1.807, 2.05) is 0 Å². The number of aromatic amines is 1. The molecule has 74 valence electrons. The van der Waals surface area contributed by atoms with Crippen LogP contribution in [-0.4, -0.2) is 14.6 Å². The second-order valence-electron chi connectivity index (χ2n) is 3.85. The highest BCUT2D eigenvalue weighted by molar-refractivity contribution is 5.36. The largest absolute Gasteiger partial charge is 0.307 e. The van der Waals surface area contributed by atoms with Gasteiger partial charge in [0.2, 0.25) is 0 Å². The molecule has 14 heavy (non-hydrogen) atoms. The minimum Gasteiger partial charge on any atom is -0.307 e. The van der Waals surface area contributed by atoms with Gasteiger partial charge in [0.05, 0.1) is 11.9 Å². The second-order valence-corrected chi connectivity index (χ2v) is 3.85. The predicted molar refractivity (Wildman–Crippen MR) is 54.4 cm³/mol. The molecule has 0 spiro atoms. The molecule has 0 saturated heterocycles. The average Bonchev–Trinajstić information content (AvgIpc) is 2.50. The summed E-state index contributed by atoms with van der Waals surface area (Å²) >= 11 is 0. The molecule has 0 aromatic carbocycles. The van der Waals surface area contributed by atoms with E-state index in [2.05, 4.69) is 23.9 Å². The molecule has 0 radical (unpaired) electrons. The molecule has 0 bridgehead atoms. The molecule has 1 N–H and O–H groups in total. The first-order valence-corrected chi connectivity index (χ1v) is 4.73. The van der Waals surface area contributed by atoms with Gasteiger partial charge in [-0.05, 0) is 12.3 Å². The Bertz CT molecular complexity index is 495. The topological polar surface area (TPSA) is 50.2 Å². The van der Waals surface area contributed by atoms with E-state index < -0.39 is 0 Å². The maximum absolute atomic E-state index is 11.3. The van der Waals surface area contributed by atoms with Crippen LogP contribution in [0.25, 0.3) is 5.65 Å². The van der Waals surface area contributed by atoms with Crippen LogP contribution in [0.4, 0.5) is 0 Å². The summed E-state index contributed by atoms with van der Waals surface area (Å²) in [6.45, 7) is 4.24. The van der Waals surface area contributed by atoms with Gasteiger partial charge in [-0.3, -0.25) is 4.79 Å². The van der Waals surface area contributed by atoms with Crippen molar-refractivity contribution in [1.29, 1.82) is 0 Å². The third kappa shape index (κ3) is 1.55. The lowest BCUT2D eigenvalue weighted by Gasteiger charge is -2.06. The van der Waals surface area contributed by atoms with E-state index in [0.29, 0.717) is 5.92 Å². The second kappa shape index (κ2) is 3.29. The van der Waals surface area contributed by atoms with Crippen LogP contribution in [0.5, 0.6) is 0 Å². The number of fused-ring (bicyclic) bond motifs is 1. The van der Waals surface area contributed by atoms with Crippen LogP contribution in [0.1, 0.15) is 19.5 Å². The van der Waals surface area contributed by atoms with Gasteiger partial charge < -0.3 is 4.98 Å². The zero-order chi connectivity index (χ0) is 10.1. The molecule has 2 rings (SSSR count). The number of nitrogens with one attached hydrogen (secondary N) is 1. The summed E-state index contributed by atoms with van der Waals surface area (Å²) in [7, 11) is 0. The van der Waals surface area contributed by atoms with E-state index in [1.54, 1.807) is 22.8 Å². The molecule has 2 aromatic rings. The molecule has 2 heterocycles. The fourth-order valence-corrected chi connectivity index (χ4v) is 1.57. The molecule has 4 heteroatoms. The Balaban J connectivity index is 2.61. The lowest BCUT2D eigenvalue weighted by molar-refractivity contribution is 0.618. The van der Waals surface area contributed by atoms with Crippen molar-refractivity contribution in [3.8, 4) is 0 Å². The highest BCUT2D eigenvalue weighted by Gasteiger charge is 2.05. The first-order valence-electron chi connectivity index (χ1n) is 4.73. The number of rotatable bonds is 2. The maximum atomic E-state index is 11.3. The smallest absolute Gasteiger partial charge is 0.251 e. The van der Waals surface area contributed by atoms with E-state index in [0.717, 1.165) is 17.8 Å². The fourth-order valence-electron chi connectivity index (χ4n) is 1.57. The third-order valence-corrected chi connectivity index (χ3v) is 2.08. The summed E-state index contributed by atoms with van der Waals surface area (Å²) in [5.74, 6) is 0.518. The average molecular weight is 191 g/mol. The van der Waals surface area contributed by atoms with E-state index in [-0.39, 0.29) is 5.56 Å². The molecule has 0 aliphatic rings. The summed E-state index contributed by atoms with van der Waals surface area (Å²) in [6, 6.07) is 3.41. The Morgan fingerprint density at radius 1 is 1.57 bits per heavy atom. The molecule has 0 aliphatic heterocycles. The first kappa shape index (κ1) is 8.99. The lowest BCUT2D eigenvalue weighted by atomic mass is 10.1. The Labute approximate surface area is 81.6 Å². The number of nitrogens with zero attached hydrogens (tertiary/aromatic N) is 2. The summed E-state index contributed by atoms with van der Waals surface area (Å²) < 4.78 is 1.78. The van der Waals surface area contributed by atoms with Gasteiger partial charge in [0.1, 0.15) is 5.65 Å². The summed E-state index contributed by atoms with van der Waals surface area (Å²) in [4.78, 5) is 14.0. The summed E-state index contributed by atoms with van der Waals surface area (Å²) in [6.07, 6.45) is 2.55. The molecular formula is C10H13N3O. The minimum absolute atomic E-state index is 0.0614. The van der Waals surface area contributed by atoms with Crippen molar-refractivity contribution < 1.29 is 0 Å². The quantitative estimate of drug-likeness (QED) is 0.776. The molecule has 0 unspecified atom stereocenters. The van der Waals surface area contributed by atoms with Crippen molar-refractivity contribution in [2.24, 2.45) is 5.92 Å². The van der Waals surface area contributed by atoms with E-state index in [9.17, 15) is 4.79 Å². The SMILES string of the molecule is CC(C)Cc1cc(=O)[nH]c2ccnn12. The van der Waals surface area contributed by atoms with E-state index in [1.165, 1.54) is 0 Å². The van der Waals surface area contributed by atoms with Crippen LogP contribution < -0.4 is 5.56 Å². The third-order valence-electron chi connectivity index (χ3n) is 2.08. The van der Waals surface area contributed by atoms with Crippen molar-refractivity contribution in [1.82, 2.24) is 14.6 Å². The lowest BCUT2D eigenvalue weighted by Crippen LogP contribution is -2.13. The number of hydrogen-bond donors (Lipinski definition) is 1. The van der Waals surface area contributed by atoms with Gasteiger partial charge in [-0.2, -0.15) is 5.10 Å². The summed E-state index contributed by atoms with van der Waals surface area (Å²) in [5, 5.41) is 4.16. The van der Waals surface area contributed by atoms with Crippen LogP contribution >= 0.6 is 0 Å². The molecular weight excluding hydrogens is 178 g/mol. The number of hydrogen-bond acceptors (Lipinski definition) is 2. The van der Waals surface area contributed by atoms with Gasteiger partial charge in [-0.15, -0.1) is 0 Å². The van der Waals surface area contributed by atoms with Crippen LogP contribution in [0.3, 0.4) is 0 Å². The Hall–Kier alpha value is -1.58. The van der Waals surface area contributed by atoms with Crippen molar-refractivity contribution in [2.75, 3.05) is 0 Å². The highest BCUT2D eigenvalue weighted by atomic mass is 16.1. The maximum Gasteiger partial charge on any atom is 0.251 e. The molecule has 0 fully saturated rings. The monoisotopic (exact) mass is 191 g/mol. The molecule has 0 saturated carbocycles. The van der Waals surface area contributed by atoms with Crippen molar-refractivity contribution >= 4 is 5.65 Å². The van der Waals surface area contributed by atoms with Gasteiger partial charge in [0.25, 0.3) is 5.56 Å². The fraction of sp³-hybridized carbons (Fsp3) is 0.400. The van der Waals surface area contributed by atoms with Gasteiger partial charge in [-0.25, -0.2) is 4.52 Å². The van der Waals surface area contributed by atoms with Crippen LogP contribution in [0.15, 0.2) is 23.1 Å². The predicted octanol–water partition coefficient (Wildman–Crippen LogP) is 1.22. The van der Waals surface area contributed by atoms with E-state index in [4.69, 9.17) is 0 Å². The zero-order valence-electron chi connectivity index (χ0n) is 8.32. The Morgan fingerprint density at radius 2 is 2.36 bits per heavy atom. The van der Waals surface area contributed by atoms with Gasteiger partial charge in [-0.1, -0.05) is 13.8 Å². The van der Waals surface area contributed by atoms with Crippen LogP contribution in [0, 0.1) is 5.92 Å². The number of aromatic nitrogens is 3. The standard InChI is InChI=1S/C10H13N3O/c1-7(2)5-8-6-10(14)12-9-3-4-11-13(8)9/h3-4,6-7H,5H2,1-2H3,(H,12,14). The molecule has 0 amide bonds. The number of H-pyrrole nitrogens is 1. The molecule has 4 nitrogen and oxygen atoms in total. The molecule has 0 atom stereocenters. The van der Waals surface area contributed by atoms with Crippen molar-refractivity contribution in [3.63, 3.8) is 0 Å². The zero-order valence-corrected chi connectivity index (χ0v) is 8.32.